The van der Waals surface area contributed by atoms with Crippen molar-refractivity contribution < 1.29 is 28.5 Å². The number of carbonyl (C=O) groups is 5. The summed E-state index contributed by atoms with van der Waals surface area (Å²) in [5.41, 5.74) is 6.18. The average molecular weight is 1880 g/mol. The van der Waals surface area contributed by atoms with Crippen LogP contribution in [0.1, 0.15) is 364 Å². The second-order valence-electron chi connectivity index (χ2n) is 42.7. The van der Waals surface area contributed by atoms with Crippen molar-refractivity contribution in [2.75, 3.05) is 96.2 Å². The summed E-state index contributed by atoms with van der Waals surface area (Å²) in [5.74, 6) is 2.50. The Morgan fingerprint density at radius 1 is 0.385 bits per heavy atom. The zero-order chi connectivity index (χ0) is 101. The minimum atomic E-state index is -0.394. The number of nitrogens with one attached hydrogen (secondary N) is 2. The molecule has 0 aliphatic carbocycles. The number of carbonyl (C=O) groups excluding carboxylic acids is 5. The van der Waals surface area contributed by atoms with Gasteiger partial charge in [-0.25, -0.2) is 9.97 Å². The molecule has 25 heteroatoms. The monoisotopic (exact) mass is 1880 g/mol. The molecule has 5 amide bonds. The fraction of sp³-hybridized carbons (Fsp3) is 0.782. The number of aryl methyl sites for hydroxylation is 3. The topological polar surface area (TPSA) is 225 Å². The van der Waals surface area contributed by atoms with E-state index in [1.165, 1.54) is 145 Å². The molecule has 11 fully saturated rings. The first-order valence-electron chi connectivity index (χ1n) is 53.5. The highest BCUT2D eigenvalue weighted by molar-refractivity contribution is 6.35. The highest BCUT2D eigenvalue weighted by Crippen LogP contribution is 2.35. The van der Waals surface area contributed by atoms with Gasteiger partial charge in [-0.15, -0.1) is 0 Å². The molecule has 0 bridgehead atoms. The molecule has 11 saturated heterocycles. The Kier molecular flexibility index (Phi) is 53.8. The lowest BCUT2D eigenvalue weighted by Gasteiger charge is -2.33. The van der Waals surface area contributed by atoms with Gasteiger partial charge in [0.25, 0.3) is 0 Å². The molecule has 4 aromatic rings. The van der Waals surface area contributed by atoms with E-state index in [0.717, 1.165) is 161 Å². The highest BCUT2D eigenvalue weighted by atomic mass is 16.5. The summed E-state index contributed by atoms with van der Waals surface area (Å²) in [6, 6.07) is 27.6. The first-order valence-corrected chi connectivity index (χ1v) is 53.5. The van der Waals surface area contributed by atoms with Gasteiger partial charge in [-0.1, -0.05) is 43.3 Å². The van der Waals surface area contributed by atoms with Gasteiger partial charge in [0.15, 0.2) is 5.82 Å². The Labute approximate surface area is 823 Å². The van der Waals surface area contributed by atoms with Crippen LogP contribution in [-0.2, 0) is 30.4 Å². The third kappa shape index (κ3) is 39.0. The fourth-order valence-electron chi connectivity index (χ4n) is 21.2. The largest absolute Gasteiger partial charge is 0.340 e. The predicted molar refractivity (Wildman–Crippen MR) is 564 cm³/mol. The third-order valence-corrected chi connectivity index (χ3v) is 28.8. The molecule has 1 aromatic carbocycles. The molecular formula is C110H197N19O6. The van der Waals surface area contributed by atoms with E-state index in [9.17, 15) is 24.0 Å². The van der Waals surface area contributed by atoms with Crippen LogP contribution in [0.5, 0.6) is 0 Å². The number of anilines is 2. The molecule has 15 heterocycles. The van der Waals surface area contributed by atoms with Gasteiger partial charge in [-0.3, -0.25) is 73.1 Å². The number of benzene rings is 1. The van der Waals surface area contributed by atoms with Crippen molar-refractivity contribution in [3.63, 3.8) is 0 Å². The Balaban J connectivity index is 0.000000265. The number of fused-ring (bicyclic) bond motifs is 1. The summed E-state index contributed by atoms with van der Waals surface area (Å²) < 4.78 is 5.23. The SMILES string of the molecule is CC.CC(C)N1CCCC1=O.CC(C)N1CCCC1C.CC(C)N1CCCC1C.CC(C)N1CCCC1C.CC(C)N1CCCC1C.CC(C)N1CCCC1C.CC(C)N1CCCC1C1=Nc2ccccc2C1.CC(C)N1CCN(C)C(=O)C1=O.Cc1ccc(NC(=O)C2CCCN2C(C)C)nc1.Cc1ccnc(NC(=O)C2CCCN2C(C)C)c1.Cc1noc(C2CCCN2C(C)C)n1. The molecule has 9 atom stereocenters. The van der Waals surface area contributed by atoms with Crippen molar-refractivity contribution in [3.8, 4) is 0 Å². The van der Waals surface area contributed by atoms with Crippen LogP contribution in [0.15, 0.2) is 70.4 Å². The molecule has 16 rings (SSSR count). The standard InChI is InChI=1S/C15H20N2.2C14H21N3O.C10H17N3O.C8H14N2O2.5C8H17N.C7H13NO.C2H6/c1-11(2)17-9-5-8-15(17)14-10-12-6-3-4-7-13(12)16-14;1-10(2)17-8-4-5-12(17)14(18)16-13-9-11(3)6-7-15-13;1-10(2)17-8-4-5-12(17)14(18)16-13-7-6-11(3)9-15-13;1-7(2)13-6-4-5-9(13)10-11-8(3)12-14-10;1-6(2)10-5-4-9(3)7(11)8(10)12;5*1-7(2)9-6-4-5-8(9)3;1-6(2)8-5-3-4-7(8)9;1-2/h3-4,6-7,11,15H,5,8-10H2,1-2H3;2*6-7,9-10,12H,4-5,8H2,1-3H3,(H,15,16,18);7,9H,4-6H2,1-3H3;6H,4-5H2,1-3H3;5*7-8H,4-6H2,1-3H3;6H,3-5H2,1-2H3;1-2H3. The van der Waals surface area contributed by atoms with E-state index >= 15 is 0 Å². The van der Waals surface area contributed by atoms with E-state index in [1.807, 2.05) is 77.6 Å². The average Bonchev–Trinajstić information content (AvgIpc) is 1.66. The minimum absolute atomic E-state index is 0.00639. The Morgan fingerprint density at radius 3 is 1.11 bits per heavy atom. The molecule has 135 heavy (non-hydrogen) atoms. The van der Waals surface area contributed by atoms with Gasteiger partial charge in [-0.2, -0.15) is 4.98 Å². The summed E-state index contributed by atoms with van der Waals surface area (Å²) in [7, 11) is 1.65. The second-order valence-corrected chi connectivity index (χ2v) is 42.7. The molecule has 0 spiro atoms. The number of hydrogen-bond acceptors (Lipinski definition) is 20. The number of amides is 5. The van der Waals surface area contributed by atoms with Crippen LogP contribution < -0.4 is 10.6 Å². The van der Waals surface area contributed by atoms with Crippen LogP contribution in [0, 0.1) is 20.8 Å². The summed E-state index contributed by atoms with van der Waals surface area (Å²) in [6.45, 7) is 83.0. The summed E-state index contributed by atoms with van der Waals surface area (Å²) >= 11 is 0. The first-order chi connectivity index (χ1) is 63.9. The number of hydrogen-bond donors (Lipinski definition) is 2. The maximum Gasteiger partial charge on any atom is 0.312 e. The van der Waals surface area contributed by atoms with Crippen LogP contribution in [-0.4, -0.2) is 315 Å². The van der Waals surface area contributed by atoms with Crippen molar-refractivity contribution in [2.45, 2.75) is 477 Å². The van der Waals surface area contributed by atoms with Gasteiger partial charge in [0.05, 0.1) is 23.8 Å². The Morgan fingerprint density at radius 2 is 0.770 bits per heavy atom. The van der Waals surface area contributed by atoms with Crippen LogP contribution in [0.4, 0.5) is 17.3 Å². The van der Waals surface area contributed by atoms with Gasteiger partial charge in [0.2, 0.25) is 23.6 Å². The molecule has 0 saturated carbocycles. The number of rotatable bonds is 17. The maximum atomic E-state index is 12.2. The van der Waals surface area contributed by atoms with Gasteiger partial charge in [0, 0.05) is 160 Å². The Hall–Kier alpha value is -6.68. The zero-order valence-electron chi connectivity index (χ0n) is 91.7. The van der Waals surface area contributed by atoms with Crippen molar-refractivity contribution in [2.24, 2.45) is 4.99 Å². The van der Waals surface area contributed by atoms with E-state index in [1.54, 1.807) is 24.3 Å². The molecule has 12 aliphatic rings. The van der Waals surface area contributed by atoms with Gasteiger partial charge >= 0.3 is 11.8 Å². The van der Waals surface area contributed by atoms with Crippen molar-refractivity contribution in [1.29, 1.82) is 0 Å². The molecule has 0 radical (unpaired) electrons. The second kappa shape index (κ2) is 61.1. The number of likely N-dealkylation sites (N-methyl/N-ethyl adjacent to an activating group) is 1. The lowest BCUT2D eigenvalue weighted by atomic mass is 10.0. The fourth-order valence-corrected chi connectivity index (χ4v) is 21.2. The smallest absolute Gasteiger partial charge is 0.312 e. The molecule has 25 nitrogen and oxygen atoms in total. The van der Waals surface area contributed by atoms with Gasteiger partial charge in [-0.05, 0) is 430 Å². The van der Waals surface area contributed by atoms with Gasteiger partial charge in [0.1, 0.15) is 11.6 Å². The van der Waals surface area contributed by atoms with E-state index in [4.69, 9.17) is 9.52 Å². The van der Waals surface area contributed by atoms with Crippen LogP contribution in [0.2, 0.25) is 0 Å². The zero-order valence-corrected chi connectivity index (χ0v) is 91.7. The third-order valence-electron chi connectivity index (χ3n) is 28.8. The Bertz CT molecular complexity index is 3890. The van der Waals surface area contributed by atoms with E-state index < -0.39 is 5.91 Å². The number of para-hydroxylation sites is 1. The summed E-state index contributed by atoms with van der Waals surface area (Å²) in [6.07, 6.45) is 29.4. The number of aromatic nitrogens is 4. The molecular weight excluding hydrogens is 1680 g/mol. The number of pyridine rings is 2. The summed E-state index contributed by atoms with van der Waals surface area (Å²) in [5, 5.41) is 9.66. The number of nitrogens with zero attached hydrogens (tertiary/aromatic N) is 17. The molecule has 9 unspecified atom stereocenters. The molecule has 768 valence electrons. The number of likely N-dealkylation sites (tertiary alicyclic amines) is 10. The van der Waals surface area contributed by atoms with Crippen LogP contribution in [0.3, 0.4) is 0 Å². The lowest BCUT2D eigenvalue weighted by Crippen LogP contribution is -2.54. The quantitative estimate of drug-likeness (QED) is 0.0937. The van der Waals surface area contributed by atoms with Gasteiger partial charge < -0.3 is 29.9 Å². The highest BCUT2D eigenvalue weighted by Gasteiger charge is 2.38. The minimum Gasteiger partial charge on any atom is -0.340 e. The number of aliphatic imine (C=N–C) groups is 1. The van der Waals surface area contributed by atoms with E-state index in [-0.39, 0.29) is 35.8 Å². The molecule has 3 aromatic heterocycles. The number of piperazine rings is 1. The van der Waals surface area contributed by atoms with Crippen molar-refractivity contribution in [3.05, 3.63) is 89.3 Å². The normalized spacial score (nSPS) is 24.0. The van der Waals surface area contributed by atoms with Crippen LogP contribution in [0.25, 0.3) is 0 Å². The first kappa shape index (κ1) is 119. The van der Waals surface area contributed by atoms with Crippen LogP contribution >= 0.6 is 0 Å². The van der Waals surface area contributed by atoms with E-state index in [0.29, 0.717) is 72.9 Å². The maximum absolute atomic E-state index is 12.2. The van der Waals surface area contributed by atoms with E-state index in [2.05, 4.69) is 272 Å². The molecule has 2 N–H and O–H groups in total. The summed E-state index contributed by atoms with van der Waals surface area (Å²) in [4.78, 5) is 103. The molecule has 12 aliphatic heterocycles. The van der Waals surface area contributed by atoms with Crippen molar-refractivity contribution >= 4 is 52.6 Å². The predicted octanol–water partition coefficient (Wildman–Crippen LogP) is 20.6. The lowest BCUT2D eigenvalue weighted by molar-refractivity contribution is -0.156. The van der Waals surface area contributed by atoms with Crippen molar-refractivity contribution in [1.82, 2.24) is 78.9 Å².